The summed E-state index contributed by atoms with van der Waals surface area (Å²) in [5, 5.41) is 8.61. The van der Waals surface area contributed by atoms with E-state index in [2.05, 4.69) is 68.8 Å². The third-order valence-corrected chi connectivity index (χ3v) is 7.44. The topological polar surface area (TPSA) is 58.7 Å². The summed E-state index contributed by atoms with van der Waals surface area (Å²) in [6.45, 7) is 8.91. The van der Waals surface area contributed by atoms with E-state index < -0.39 is 0 Å². The van der Waals surface area contributed by atoms with Crippen LogP contribution in [0.25, 0.3) is 10.9 Å². The Hall–Kier alpha value is -2.05. The lowest BCUT2D eigenvalue weighted by Gasteiger charge is -2.50. The van der Waals surface area contributed by atoms with Gasteiger partial charge in [-0.05, 0) is 89.4 Å². The quantitative estimate of drug-likeness (QED) is 0.493. The average molecular weight is 425 g/mol. The van der Waals surface area contributed by atoms with Crippen LogP contribution in [0, 0.1) is 6.92 Å². The lowest BCUT2D eigenvalue weighted by atomic mass is 9.84. The molecule has 0 radical (unpaired) electrons. The molecule has 0 saturated carbocycles. The Morgan fingerprint density at radius 1 is 1.10 bits per heavy atom. The van der Waals surface area contributed by atoms with Gasteiger partial charge in [-0.15, -0.1) is 0 Å². The summed E-state index contributed by atoms with van der Waals surface area (Å²) in [5.74, 6) is 0.923. The molecule has 6 nitrogen and oxygen atoms in total. The largest absolute Gasteiger partial charge is 0.361 e. The van der Waals surface area contributed by atoms with Gasteiger partial charge in [-0.2, -0.15) is 0 Å². The first kappa shape index (κ1) is 22.2. The van der Waals surface area contributed by atoms with Gasteiger partial charge in [0.15, 0.2) is 5.96 Å². The van der Waals surface area contributed by atoms with E-state index in [1.54, 1.807) is 0 Å². The number of aromatic amines is 1. The van der Waals surface area contributed by atoms with Crippen molar-refractivity contribution in [3.63, 3.8) is 0 Å². The molecule has 0 aliphatic carbocycles. The van der Waals surface area contributed by atoms with Gasteiger partial charge >= 0.3 is 0 Å². The van der Waals surface area contributed by atoms with Crippen molar-refractivity contribution >= 4 is 16.9 Å². The van der Waals surface area contributed by atoms with Gasteiger partial charge in [0.25, 0.3) is 0 Å². The molecular formula is C25H40N6. The van der Waals surface area contributed by atoms with Gasteiger partial charge < -0.3 is 20.5 Å². The number of aliphatic imine (C=N–C) groups is 1. The fourth-order valence-electron chi connectivity index (χ4n) is 5.44. The van der Waals surface area contributed by atoms with Crippen molar-refractivity contribution in [3.8, 4) is 0 Å². The zero-order valence-electron chi connectivity index (χ0n) is 19.6. The predicted octanol–water partition coefficient (Wildman–Crippen LogP) is 3.13. The molecule has 3 N–H and O–H groups in total. The van der Waals surface area contributed by atoms with Gasteiger partial charge in [0.05, 0.1) is 0 Å². The molecular weight excluding hydrogens is 384 g/mol. The summed E-state index contributed by atoms with van der Waals surface area (Å²) in [7, 11) is 4.13. The molecule has 0 atom stereocenters. The molecule has 0 spiro atoms. The van der Waals surface area contributed by atoms with Crippen molar-refractivity contribution in [1.29, 1.82) is 0 Å². The van der Waals surface area contributed by atoms with Crippen LogP contribution in [-0.4, -0.2) is 79.6 Å². The van der Waals surface area contributed by atoms with Crippen molar-refractivity contribution in [2.75, 3.05) is 53.4 Å². The second-order valence-corrected chi connectivity index (χ2v) is 9.49. The van der Waals surface area contributed by atoms with Crippen LogP contribution in [0.5, 0.6) is 0 Å². The molecule has 2 fully saturated rings. The molecule has 1 aromatic carbocycles. The number of nitrogens with one attached hydrogen (secondary N) is 3. The first-order chi connectivity index (χ1) is 15.1. The lowest BCUT2D eigenvalue weighted by molar-refractivity contribution is 0.0173. The second kappa shape index (κ2) is 10.0. The molecule has 2 aromatic rings. The smallest absolute Gasteiger partial charge is 0.191 e. The fourth-order valence-corrected chi connectivity index (χ4v) is 5.44. The number of aromatic nitrogens is 1. The summed E-state index contributed by atoms with van der Waals surface area (Å²) in [5.41, 5.74) is 4.19. The number of hydrogen-bond acceptors (Lipinski definition) is 3. The molecule has 2 saturated heterocycles. The highest BCUT2D eigenvalue weighted by atomic mass is 15.3. The molecule has 31 heavy (non-hydrogen) atoms. The Bertz CT molecular complexity index is 871. The maximum absolute atomic E-state index is 4.52. The van der Waals surface area contributed by atoms with Gasteiger partial charge in [-0.25, -0.2) is 0 Å². The number of hydrogen-bond donors (Lipinski definition) is 3. The highest BCUT2D eigenvalue weighted by Gasteiger charge is 2.39. The lowest BCUT2D eigenvalue weighted by Crippen LogP contribution is -2.62. The monoisotopic (exact) mass is 424 g/mol. The number of likely N-dealkylation sites (tertiary alicyclic amines) is 2. The number of guanidine groups is 1. The predicted molar refractivity (Wildman–Crippen MR) is 131 cm³/mol. The summed E-state index contributed by atoms with van der Waals surface area (Å²) in [6.07, 6.45) is 9.68. The van der Waals surface area contributed by atoms with Gasteiger partial charge in [-0.1, -0.05) is 18.6 Å². The van der Waals surface area contributed by atoms with E-state index in [1.807, 2.05) is 7.05 Å². The first-order valence-corrected chi connectivity index (χ1v) is 12.0. The minimum absolute atomic E-state index is 0.262. The van der Waals surface area contributed by atoms with Crippen LogP contribution in [-0.2, 0) is 6.42 Å². The summed E-state index contributed by atoms with van der Waals surface area (Å²) in [4.78, 5) is 13.2. The maximum atomic E-state index is 4.52. The van der Waals surface area contributed by atoms with Crippen LogP contribution in [0.3, 0.4) is 0 Å². The molecule has 6 heteroatoms. The maximum Gasteiger partial charge on any atom is 0.191 e. The summed E-state index contributed by atoms with van der Waals surface area (Å²) >= 11 is 0. The molecule has 2 aliphatic heterocycles. The molecule has 0 unspecified atom stereocenters. The van der Waals surface area contributed by atoms with E-state index in [-0.39, 0.29) is 5.54 Å². The molecule has 1 aromatic heterocycles. The molecule has 0 amide bonds. The molecule has 4 rings (SSSR count). The minimum atomic E-state index is 0.262. The van der Waals surface area contributed by atoms with Gasteiger partial charge in [0, 0.05) is 42.8 Å². The van der Waals surface area contributed by atoms with Gasteiger partial charge in [-0.3, -0.25) is 9.89 Å². The van der Waals surface area contributed by atoms with Crippen molar-refractivity contribution in [2.24, 2.45) is 4.99 Å². The Morgan fingerprint density at radius 2 is 1.87 bits per heavy atom. The Balaban J connectivity index is 1.34. The third-order valence-electron chi connectivity index (χ3n) is 7.44. The number of benzene rings is 1. The molecule has 0 bridgehead atoms. The third kappa shape index (κ3) is 5.07. The highest BCUT2D eigenvalue weighted by Crippen LogP contribution is 2.31. The first-order valence-electron chi connectivity index (χ1n) is 12.0. The number of aryl methyl sites for hydroxylation is 1. The highest BCUT2D eigenvalue weighted by molar-refractivity contribution is 5.86. The van der Waals surface area contributed by atoms with Crippen LogP contribution >= 0.6 is 0 Å². The van der Waals surface area contributed by atoms with Crippen LogP contribution < -0.4 is 10.6 Å². The van der Waals surface area contributed by atoms with E-state index in [9.17, 15) is 0 Å². The van der Waals surface area contributed by atoms with Crippen molar-refractivity contribution in [3.05, 3.63) is 35.5 Å². The van der Waals surface area contributed by atoms with Crippen LogP contribution in [0.4, 0.5) is 0 Å². The van der Waals surface area contributed by atoms with Gasteiger partial charge in [0.2, 0.25) is 0 Å². The van der Waals surface area contributed by atoms with E-state index in [0.717, 1.165) is 25.5 Å². The number of H-pyrrole nitrogens is 1. The van der Waals surface area contributed by atoms with E-state index in [0.29, 0.717) is 0 Å². The fraction of sp³-hybridized carbons (Fsp3) is 0.640. The van der Waals surface area contributed by atoms with Gasteiger partial charge in [0.1, 0.15) is 0 Å². The SMILES string of the molecule is CN=C(NCCc1c[nH]c2cccc(C)c12)NCC1(N2CCCCC2)CCN(C)CC1. The number of rotatable bonds is 6. The normalized spacial score (nSPS) is 20.8. The molecule has 2 aliphatic rings. The standard InChI is InChI=1S/C25H40N6/c1-20-8-7-9-22-23(20)21(18-28-22)10-13-27-24(26-2)29-19-25(11-16-30(3)17-12-25)31-14-5-4-6-15-31/h7-9,18,28H,4-6,10-17,19H2,1-3H3,(H2,26,27,29). The van der Waals surface area contributed by atoms with Crippen LogP contribution in [0.2, 0.25) is 0 Å². The average Bonchev–Trinajstić information content (AvgIpc) is 3.22. The van der Waals surface area contributed by atoms with Crippen molar-refractivity contribution in [1.82, 2.24) is 25.4 Å². The second-order valence-electron chi connectivity index (χ2n) is 9.49. The van der Waals surface area contributed by atoms with Crippen molar-refractivity contribution < 1.29 is 0 Å². The van der Waals surface area contributed by atoms with Crippen LogP contribution in [0.1, 0.15) is 43.2 Å². The Kier molecular flexibility index (Phi) is 7.18. The van der Waals surface area contributed by atoms with E-state index >= 15 is 0 Å². The Morgan fingerprint density at radius 3 is 2.61 bits per heavy atom. The number of fused-ring (bicyclic) bond motifs is 1. The zero-order valence-corrected chi connectivity index (χ0v) is 19.6. The number of piperidine rings is 2. The van der Waals surface area contributed by atoms with Crippen molar-refractivity contribution in [2.45, 2.75) is 51.0 Å². The Labute approximate surface area is 187 Å². The molecule has 170 valence electrons. The minimum Gasteiger partial charge on any atom is -0.361 e. The van der Waals surface area contributed by atoms with E-state index in [4.69, 9.17) is 0 Å². The summed E-state index contributed by atoms with van der Waals surface area (Å²) < 4.78 is 0. The van der Waals surface area contributed by atoms with E-state index in [1.165, 1.54) is 80.3 Å². The number of nitrogens with zero attached hydrogens (tertiary/aromatic N) is 3. The molecule has 3 heterocycles. The van der Waals surface area contributed by atoms with Crippen LogP contribution in [0.15, 0.2) is 29.4 Å². The zero-order chi connectivity index (χ0) is 21.7. The summed E-state index contributed by atoms with van der Waals surface area (Å²) in [6, 6.07) is 6.46.